The fraction of sp³-hybridized carbons (Fsp3) is 0.857. The molecule has 0 aromatic rings. The van der Waals surface area contributed by atoms with Gasteiger partial charge in [0, 0.05) is 20.2 Å². The van der Waals surface area contributed by atoms with E-state index in [1.807, 2.05) is 0 Å². The molecule has 1 fully saturated rings. The lowest BCUT2D eigenvalue weighted by molar-refractivity contribution is 0.0516. The molecular formula is C7H14N2O2. The molecule has 1 aliphatic heterocycles. The van der Waals surface area contributed by atoms with Crippen LogP contribution in [0.2, 0.25) is 0 Å². The Kier molecular flexibility index (Phi) is 2.70. The van der Waals surface area contributed by atoms with Crippen molar-refractivity contribution in [2.75, 3.05) is 20.2 Å². The molecule has 0 radical (unpaired) electrons. The zero-order chi connectivity index (χ0) is 8.27. The average Bonchev–Trinajstić information content (AvgIpc) is 2.05. The number of nitrogens with zero attached hydrogens (tertiary/aromatic N) is 1. The van der Waals surface area contributed by atoms with Crippen molar-refractivity contribution in [1.29, 1.82) is 0 Å². The van der Waals surface area contributed by atoms with Gasteiger partial charge in [-0.25, -0.2) is 4.79 Å². The second kappa shape index (κ2) is 3.57. The van der Waals surface area contributed by atoms with Crippen LogP contribution in [-0.4, -0.2) is 37.2 Å². The van der Waals surface area contributed by atoms with Crippen molar-refractivity contribution in [3.8, 4) is 0 Å². The van der Waals surface area contributed by atoms with E-state index in [1.54, 1.807) is 12.0 Å². The van der Waals surface area contributed by atoms with Crippen molar-refractivity contribution in [1.82, 2.24) is 4.90 Å². The summed E-state index contributed by atoms with van der Waals surface area (Å²) in [4.78, 5) is 12.3. The van der Waals surface area contributed by atoms with E-state index in [1.165, 1.54) is 0 Å². The first-order valence-corrected chi connectivity index (χ1v) is 3.81. The lowest BCUT2D eigenvalue weighted by Crippen LogP contribution is -2.43. The Labute approximate surface area is 66.3 Å². The maximum atomic E-state index is 10.7. The third-order valence-electron chi connectivity index (χ3n) is 2.09. The minimum atomic E-state index is -0.320. The number of nitrogens with two attached hydrogens (primary N) is 1. The van der Waals surface area contributed by atoms with Crippen LogP contribution >= 0.6 is 0 Å². The van der Waals surface area contributed by atoms with Gasteiger partial charge in [-0.15, -0.1) is 0 Å². The Morgan fingerprint density at radius 1 is 1.55 bits per heavy atom. The molecule has 0 bridgehead atoms. The summed E-state index contributed by atoms with van der Waals surface area (Å²) in [5.41, 5.74) is 5.10. The van der Waals surface area contributed by atoms with Crippen LogP contribution in [0.1, 0.15) is 12.8 Å². The number of carbonyl (C=O) groups is 1. The molecule has 0 unspecified atom stereocenters. The highest BCUT2D eigenvalue weighted by Gasteiger charge is 2.20. The van der Waals surface area contributed by atoms with Crippen molar-refractivity contribution < 1.29 is 9.53 Å². The van der Waals surface area contributed by atoms with Crippen LogP contribution in [0.15, 0.2) is 0 Å². The summed E-state index contributed by atoms with van der Waals surface area (Å²) in [5.74, 6) is 0. The van der Waals surface area contributed by atoms with Crippen molar-refractivity contribution in [2.45, 2.75) is 18.9 Å². The number of primary amides is 1. The van der Waals surface area contributed by atoms with Crippen molar-refractivity contribution in [2.24, 2.45) is 5.73 Å². The van der Waals surface area contributed by atoms with Crippen LogP contribution in [0, 0.1) is 0 Å². The number of piperidine rings is 1. The number of carbonyl (C=O) groups excluding carboxylic acids is 1. The summed E-state index contributed by atoms with van der Waals surface area (Å²) < 4.78 is 5.14. The Morgan fingerprint density at radius 3 is 2.45 bits per heavy atom. The summed E-state index contributed by atoms with van der Waals surface area (Å²) in [6.07, 6.45) is 2.12. The molecule has 1 rings (SSSR count). The first kappa shape index (κ1) is 8.33. The maximum Gasteiger partial charge on any atom is 0.314 e. The van der Waals surface area contributed by atoms with E-state index < -0.39 is 0 Å². The summed E-state index contributed by atoms with van der Waals surface area (Å²) in [7, 11) is 1.70. The Morgan fingerprint density at radius 2 is 2.09 bits per heavy atom. The molecule has 0 aliphatic carbocycles. The van der Waals surface area contributed by atoms with Crippen molar-refractivity contribution in [3.05, 3.63) is 0 Å². The van der Waals surface area contributed by atoms with E-state index in [2.05, 4.69) is 0 Å². The van der Waals surface area contributed by atoms with Gasteiger partial charge in [0.1, 0.15) is 0 Å². The number of amides is 2. The van der Waals surface area contributed by atoms with Crippen molar-refractivity contribution >= 4 is 6.03 Å². The molecule has 0 atom stereocenters. The number of likely N-dealkylation sites (tertiary alicyclic amines) is 1. The predicted octanol–water partition coefficient (Wildman–Crippen LogP) is 0.176. The molecule has 2 N–H and O–H groups in total. The van der Waals surface area contributed by atoms with Gasteiger partial charge < -0.3 is 15.4 Å². The van der Waals surface area contributed by atoms with E-state index in [4.69, 9.17) is 10.5 Å². The van der Waals surface area contributed by atoms with Crippen LogP contribution in [0.25, 0.3) is 0 Å². The number of rotatable bonds is 1. The normalized spacial score (nSPS) is 20.3. The van der Waals surface area contributed by atoms with Crippen LogP contribution in [0.5, 0.6) is 0 Å². The standard InChI is InChI=1S/C7H14N2O2/c1-11-6-2-4-9(5-3-6)7(8)10/h6H,2-5H2,1H3,(H2,8,10). The number of hydrogen-bond acceptors (Lipinski definition) is 2. The molecule has 0 saturated carbocycles. The molecule has 4 heteroatoms. The quantitative estimate of drug-likeness (QED) is 0.591. The molecule has 2 amide bonds. The zero-order valence-corrected chi connectivity index (χ0v) is 6.75. The SMILES string of the molecule is COC1CCN(C(N)=O)CC1. The topological polar surface area (TPSA) is 55.6 Å². The minimum absolute atomic E-state index is 0.311. The molecule has 11 heavy (non-hydrogen) atoms. The molecule has 64 valence electrons. The first-order valence-electron chi connectivity index (χ1n) is 3.81. The molecule has 0 aromatic carbocycles. The molecule has 0 aromatic heterocycles. The largest absolute Gasteiger partial charge is 0.381 e. The van der Waals surface area contributed by atoms with Crippen molar-refractivity contribution in [3.63, 3.8) is 0 Å². The van der Waals surface area contributed by atoms with Crippen LogP contribution in [0.3, 0.4) is 0 Å². The van der Waals surface area contributed by atoms with E-state index >= 15 is 0 Å². The maximum absolute atomic E-state index is 10.7. The van der Waals surface area contributed by atoms with Gasteiger partial charge in [0.05, 0.1) is 6.10 Å². The Hall–Kier alpha value is -0.770. The average molecular weight is 158 g/mol. The monoisotopic (exact) mass is 158 g/mol. The van der Waals surface area contributed by atoms with Gasteiger partial charge in [0.25, 0.3) is 0 Å². The van der Waals surface area contributed by atoms with E-state index in [0.29, 0.717) is 6.10 Å². The molecule has 1 aliphatic rings. The molecule has 4 nitrogen and oxygen atoms in total. The second-order valence-corrected chi connectivity index (χ2v) is 2.76. The van der Waals surface area contributed by atoms with Gasteiger partial charge in [0.2, 0.25) is 0 Å². The first-order chi connectivity index (χ1) is 5.24. The summed E-state index contributed by atoms with van der Waals surface area (Å²) in [6, 6.07) is -0.320. The lowest BCUT2D eigenvalue weighted by Gasteiger charge is -2.29. The molecule has 1 heterocycles. The minimum Gasteiger partial charge on any atom is -0.381 e. The second-order valence-electron chi connectivity index (χ2n) is 2.76. The van der Waals surface area contributed by atoms with Gasteiger partial charge in [-0.05, 0) is 12.8 Å². The van der Waals surface area contributed by atoms with Gasteiger partial charge in [-0.1, -0.05) is 0 Å². The van der Waals surface area contributed by atoms with Crippen LogP contribution < -0.4 is 5.73 Å². The number of urea groups is 1. The number of ether oxygens (including phenoxy) is 1. The highest BCUT2D eigenvalue weighted by molar-refractivity contribution is 5.72. The lowest BCUT2D eigenvalue weighted by atomic mass is 10.1. The molecular weight excluding hydrogens is 144 g/mol. The van der Waals surface area contributed by atoms with E-state index in [0.717, 1.165) is 25.9 Å². The highest BCUT2D eigenvalue weighted by atomic mass is 16.5. The van der Waals surface area contributed by atoms with Gasteiger partial charge in [-0.2, -0.15) is 0 Å². The Bertz CT molecular complexity index is 141. The molecule has 1 saturated heterocycles. The summed E-state index contributed by atoms with van der Waals surface area (Å²) in [5, 5.41) is 0. The predicted molar refractivity (Wildman–Crippen MR) is 41.2 cm³/mol. The van der Waals surface area contributed by atoms with Crippen LogP contribution in [0.4, 0.5) is 4.79 Å². The highest BCUT2D eigenvalue weighted by Crippen LogP contribution is 2.11. The summed E-state index contributed by atoms with van der Waals surface area (Å²) in [6.45, 7) is 1.46. The number of methoxy groups -OCH3 is 1. The summed E-state index contributed by atoms with van der Waals surface area (Å²) >= 11 is 0. The smallest absolute Gasteiger partial charge is 0.314 e. The third-order valence-corrected chi connectivity index (χ3v) is 2.09. The Balaban J connectivity index is 2.30. The third kappa shape index (κ3) is 2.08. The number of hydrogen-bond donors (Lipinski definition) is 1. The van der Waals surface area contributed by atoms with Gasteiger partial charge in [0.15, 0.2) is 0 Å². The fourth-order valence-electron chi connectivity index (χ4n) is 1.31. The van der Waals surface area contributed by atoms with E-state index in [-0.39, 0.29) is 6.03 Å². The molecule has 0 spiro atoms. The van der Waals surface area contributed by atoms with E-state index in [9.17, 15) is 4.79 Å². The van der Waals surface area contributed by atoms with Gasteiger partial charge in [-0.3, -0.25) is 0 Å². The van der Waals surface area contributed by atoms with Crippen LogP contribution in [-0.2, 0) is 4.74 Å². The fourth-order valence-corrected chi connectivity index (χ4v) is 1.31. The zero-order valence-electron chi connectivity index (χ0n) is 6.75. The van der Waals surface area contributed by atoms with Gasteiger partial charge >= 0.3 is 6.03 Å².